The third kappa shape index (κ3) is 3.12. The van der Waals surface area contributed by atoms with Crippen molar-refractivity contribution in [2.75, 3.05) is 20.3 Å². The number of nitrogens with one attached hydrogen (secondary N) is 1. The molecule has 1 fully saturated rings. The molecular formula is C9H18ClNO3. The van der Waals surface area contributed by atoms with E-state index in [-0.39, 0.29) is 30.5 Å². The molecule has 0 spiro atoms. The molecule has 0 saturated carbocycles. The van der Waals surface area contributed by atoms with Crippen LogP contribution >= 0.6 is 12.4 Å². The van der Waals surface area contributed by atoms with E-state index in [9.17, 15) is 4.79 Å². The van der Waals surface area contributed by atoms with E-state index in [1.54, 1.807) is 0 Å². The molecule has 14 heavy (non-hydrogen) atoms. The fourth-order valence-electron chi connectivity index (χ4n) is 1.54. The first-order valence-electron chi connectivity index (χ1n) is 4.59. The van der Waals surface area contributed by atoms with Crippen LogP contribution in [0.25, 0.3) is 0 Å². The largest absolute Gasteiger partial charge is 0.468 e. The number of rotatable bonds is 2. The van der Waals surface area contributed by atoms with Crippen LogP contribution in [0.15, 0.2) is 0 Å². The zero-order chi connectivity index (χ0) is 9.84. The SMILES string of the molecule is COC(=O)[C@H]1NCCO[C@@H]1C(C)C.Cl. The molecule has 1 N–H and O–H groups in total. The Labute approximate surface area is 90.7 Å². The Bertz CT molecular complexity index is 187. The lowest BCUT2D eigenvalue weighted by atomic mass is 9.98. The van der Waals surface area contributed by atoms with Crippen LogP contribution in [0.4, 0.5) is 0 Å². The minimum Gasteiger partial charge on any atom is -0.468 e. The summed E-state index contributed by atoms with van der Waals surface area (Å²) in [5.74, 6) is 0.0790. The fraction of sp³-hybridized carbons (Fsp3) is 0.889. The number of hydrogen-bond donors (Lipinski definition) is 1. The quantitative estimate of drug-likeness (QED) is 0.697. The van der Waals surface area contributed by atoms with Crippen molar-refractivity contribution in [1.29, 1.82) is 0 Å². The molecular weight excluding hydrogens is 206 g/mol. The Hall–Kier alpha value is -0.320. The second-order valence-corrected chi connectivity index (χ2v) is 3.53. The molecule has 0 aromatic rings. The molecule has 0 aromatic carbocycles. The van der Waals surface area contributed by atoms with E-state index in [2.05, 4.69) is 10.1 Å². The summed E-state index contributed by atoms with van der Waals surface area (Å²) in [6.45, 7) is 5.44. The van der Waals surface area contributed by atoms with Crippen LogP contribution in [0.5, 0.6) is 0 Å². The van der Waals surface area contributed by atoms with Gasteiger partial charge in [0.15, 0.2) is 0 Å². The van der Waals surface area contributed by atoms with Crippen LogP contribution in [0.3, 0.4) is 0 Å². The van der Waals surface area contributed by atoms with Gasteiger partial charge in [-0.15, -0.1) is 12.4 Å². The number of carbonyl (C=O) groups is 1. The van der Waals surface area contributed by atoms with E-state index in [1.165, 1.54) is 7.11 Å². The van der Waals surface area contributed by atoms with Crippen molar-refractivity contribution < 1.29 is 14.3 Å². The third-order valence-electron chi connectivity index (χ3n) is 2.22. The van der Waals surface area contributed by atoms with Crippen molar-refractivity contribution in [3.8, 4) is 0 Å². The van der Waals surface area contributed by atoms with Crippen LogP contribution in [0.2, 0.25) is 0 Å². The van der Waals surface area contributed by atoms with Crippen molar-refractivity contribution in [1.82, 2.24) is 5.32 Å². The Morgan fingerprint density at radius 2 is 2.21 bits per heavy atom. The lowest BCUT2D eigenvalue weighted by Crippen LogP contribution is -2.55. The number of ether oxygens (including phenoxy) is 2. The standard InChI is InChI=1S/C9H17NO3.ClH/c1-6(2)8-7(9(11)12-3)10-4-5-13-8;/h6-8,10H,4-5H2,1-3H3;1H/t7-,8+;/m0./s1. The zero-order valence-corrected chi connectivity index (χ0v) is 9.60. The van der Waals surface area contributed by atoms with Crippen LogP contribution in [0, 0.1) is 5.92 Å². The van der Waals surface area contributed by atoms with Crippen LogP contribution in [-0.2, 0) is 14.3 Å². The monoisotopic (exact) mass is 223 g/mol. The lowest BCUT2D eigenvalue weighted by molar-refractivity contribution is -0.151. The highest BCUT2D eigenvalue weighted by Crippen LogP contribution is 2.15. The van der Waals surface area contributed by atoms with E-state index in [0.717, 1.165) is 0 Å². The van der Waals surface area contributed by atoms with Crippen molar-refractivity contribution in [2.45, 2.75) is 26.0 Å². The summed E-state index contributed by atoms with van der Waals surface area (Å²) in [4.78, 5) is 11.3. The summed E-state index contributed by atoms with van der Waals surface area (Å²) >= 11 is 0. The predicted molar refractivity (Wildman–Crippen MR) is 55.6 cm³/mol. The van der Waals surface area contributed by atoms with Gasteiger partial charge in [-0.2, -0.15) is 0 Å². The molecule has 0 radical (unpaired) electrons. The predicted octanol–water partition coefficient (Wildman–Crippen LogP) is 0.594. The zero-order valence-electron chi connectivity index (χ0n) is 8.78. The average Bonchev–Trinajstić information content (AvgIpc) is 2.16. The number of hydrogen-bond acceptors (Lipinski definition) is 4. The highest BCUT2D eigenvalue weighted by Gasteiger charge is 2.34. The summed E-state index contributed by atoms with van der Waals surface area (Å²) in [5, 5.41) is 3.10. The average molecular weight is 224 g/mol. The molecule has 0 amide bonds. The molecule has 5 heteroatoms. The number of carbonyl (C=O) groups excluding carboxylic acids is 1. The number of halogens is 1. The van der Waals surface area contributed by atoms with Crippen molar-refractivity contribution in [2.24, 2.45) is 5.92 Å². The first kappa shape index (κ1) is 13.7. The summed E-state index contributed by atoms with van der Waals surface area (Å²) < 4.78 is 10.2. The molecule has 1 rings (SSSR count). The maximum Gasteiger partial charge on any atom is 0.325 e. The van der Waals surface area contributed by atoms with Crippen LogP contribution < -0.4 is 5.32 Å². The fourth-order valence-corrected chi connectivity index (χ4v) is 1.54. The smallest absolute Gasteiger partial charge is 0.325 e. The third-order valence-corrected chi connectivity index (χ3v) is 2.22. The molecule has 84 valence electrons. The molecule has 2 atom stereocenters. The molecule has 1 aliphatic rings. The van der Waals surface area contributed by atoms with E-state index in [1.807, 2.05) is 13.8 Å². The van der Waals surface area contributed by atoms with Gasteiger partial charge in [-0.05, 0) is 5.92 Å². The van der Waals surface area contributed by atoms with Crippen molar-refractivity contribution in [3.05, 3.63) is 0 Å². The van der Waals surface area contributed by atoms with E-state index in [0.29, 0.717) is 19.1 Å². The Kier molecular flexibility index (Phi) is 6.08. The van der Waals surface area contributed by atoms with Gasteiger partial charge in [-0.3, -0.25) is 10.1 Å². The number of methoxy groups -OCH3 is 1. The Morgan fingerprint density at radius 3 is 2.71 bits per heavy atom. The summed E-state index contributed by atoms with van der Waals surface area (Å²) in [6, 6.07) is -0.307. The van der Waals surface area contributed by atoms with Gasteiger partial charge in [-0.25, -0.2) is 0 Å². The normalized spacial score (nSPS) is 26.9. The van der Waals surface area contributed by atoms with Crippen molar-refractivity contribution >= 4 is 18.4 Å². The second-order valence-electron chi connectivity index (χ2n) is 3.53. The minimum absolute atomic E-state index is 0. The van der Waals surface area contributed by atoms with Gasteiger partial charge in [0, 0.05) is 6.54 Å². The highest BCUT2D eigenvalue weighted by atomic mass is 35.5. The lowest BCUT2D eigenvalue weighted by Gasteiger charge is -2.33. The summed E-state index contributed by atoms with van der Waals surface area (Å²) in [7, 11) is 1.40. The van der Waals surface area contributed by atoms with Gasteiger partial charge in [0.2, 0.25) is 0 Å². The molecule has 0 unspecified atom stereocenters. The van der Waals surface area contributed by atoms with E-state index < -0.39 is 0 Å². The molecule has 1 heterocycles. The number of morpholine rings is 1. The first-order chi connectivity index (χ1) is 6.16. The Balaban J connectivity index is 0.00000169. The van der Waals surface area contributed by atoms with E-state index in [4.69, 9.17) is 4.74 Å². The molecule has 0 aliphatic carbocycles. The second kappa shape index (κ2) is 6.22. The van der Waals surface area contributed by atoms with Gasteiger partial charge in [0.25, 0.3) is 0 Å². The molecule has 0 bridgehead atoms. The van der Waals surface area contributed by atoms with Crippen LogP contribution in [-0.4, -0.2) is 38.4 Å². The molecule has 1 saturated heterocycles. The van der Waals surface area contributed by atoms with Gasteiger partial charge >= 0.3 is 5.97 Å². The maximum atomic E-state index is 11.3. The topological polar surface area (TPSA) is 47.6 Å². The maximum absolute atomic E-state index is 11.3. The highest BCUT2D eigenvalue weighted by molar-refractivity contribution is 5.85. The number of esters is 1. The summed E-state index contributed by atoms with van der Waals surface area (Å²) in [5.41, 5.74) is 0. The molecule has 1 aliphatic heterocycles. The van der Waals surface area contributed by atoms with Crippen molar-refractivity contribution in [3.63, 3.8) is 0 Å². The van der Waals surface area contributed by atoms with Crippen LogP contribution in [0.1, 0.15) is 13.8 Å². The first-order valence-corrected chi connectivity index (χ1v) is 4.59. The van der Waals surface area contributed by atoms with E-state index >= 15 is 0 Å². The van der Waals surface area contributed by atoms with Gasteiger partial charge < -0.3 is 9.47 Å². The van der Waals surface area contributed by atoms with Gasteiger partial charge in [-0.1, -0.05) is 13.8 Å². The Morgan fingerprint density at radius 1 is 1.57 bits per heavy atom. The van der Waals surface area contributed by atoms with Gasteiger partial charge in [0.05, 0.1) is 19.8 Å². The summed E-state index contributed by atoms with van der Waals surface area (Å²) in [6.07, 6.45) is -0.0683. The minimum atomic E-state index is -0.307. The molecule has 0 aromatic heterocycles. The van der Waals surface area contributed by atoms with Gasteiger partial charge in [0.1, 0.15) is 6.04 Å². The molecule has 4 nitrogen and oxygen atoms in total.